The van der Waals surface area contributed by atoms with Gasteiger partial charge in [0, 0.05) is 36.8 Å². The van der Waals surface area contributed by atoms with Crippen LogP contribution in [0.1, 0.15) is 40.2 Å². The van der Waals surface area contributed by atoms with Gasteiger partial charge >= 0.3 is 5.97 Å². The lowest BCUT2D eigenvalue weighted by Crippen LogP contribution is -2.46. The Morgan fingerprint density at radius 1 is 1.37 bits per heavy atom. The van der Waals surface area contributed by atoms with E-state index in [0.717, 1.165) is 23.8 Å². The van der Waals surface area contributed by atoms with Crippen molar-refractivity contribution in [2.24, 2.45) is 0 Å². The smallest absolute Gasteiger partial charge is 0.341 e. The summed E-state index contributed by atoms with van der Waals surface area (Å²) in [5, 5.41) is 15.0. The fourth-order valence-electron chi connectivity index (χ4n) is 4.15. The van der Waals surface area contributed by atoms with Gasteiger partial charge in [-0.1, -0.05) is 17.7 Å². The van der Waals surface area contributed by atoms with Crippen molar-refractivity contribution < 1.29 is 14.3 Å². The molecule has 2 fully saturated rings. The summed E-state index contributed by atoms with van der Waals surface area (Å²) >= 11 is 8.37. The number of pyridine rings is 1. The second-order valence-electron chi connectivity index (χ2n) is 7.70. The van der Waals surface area contributed by atoms with Crippen molar-refractivity contribution in [3.05, 3.63) is 61.3 Å². The van der Waals surface area contributed by atoms with Crippen molar-refractivity contribution >= 4 is 45.5 Å². The lowest BCUT2D eigenvalue weighted by atomic mass is 10.1. The average Bonchev–Trinajstić information content (AvgIpc) is 3.41. The second-order valence-corrected chi connectivity index (χ2v) is 9.06. The third kappa shape index (κ3) is 3.19. The summed E-state index contributed by atoms with van der Waals surface area (Å²) in [6.07, 6.45) is 3.09. The molecule has 3 heterocycles. The number of rotatable bonds is 4. The first-order chi connectivity index (χ1) is 14.5. The van der Waals surface area contributed by atoms with Gasteiger partial charge in [0.15, 0.2) is 0 Å². The molecule has 2 aliphatic rings. The molecule has 2 aromatic heterocycles. The van der Waals surface area contributed by atoms with Gasteiger partial charge in [-0.2, -0.15) is 0 Å². The number of aromatic nitrogens is 1. The van der Waals surface area contributed by atoms with Gasteiger partial charge in [0.2, 0.25) is 5.43 Å². The van der Waals surface area contributed by atoms with E-state index in [0.29, 0.717) is 25.2 Å². The lowest BCUT2D eigenvalue weighted by Gasteiger charge is -2.36. The maximum atomic E-state index is 15.3. The molecule has 1 atom stereocenters. The number of anilines is 1. The minimum absolute atomic E-state index is 0.0120. The highest BCUT2D eigenvalue weighted by Crippen LogP contribution is 2.42. The number of halogens is 2. The Morgan fingerprint density at radius 2 is 2.17 bits per heavy atom. The normalized spacial score (nSPS) is 19.4. The largest absolute Gasteiger partial charge is 0.477 e. The van der Waals surface area contributed by atoms with E-state index in [9.17, 15) is 14.7 Å². The molecule has 0 radical (unpaired) electrons. The van der Waals surface area contributed by atoms with E-state index in [-0.39, 0.29) is 33.7 Å². The van der Waals surface area contributed by atoms with Crippen molar-refractivity contribution in [3.8, 4) is 0 Å². The highest BCUT2D eigenvalue weighted by atomic mass is 35.5. The monoisotopic (exact) mass is 447 g/mol. The zero-order valence-corrected chi connectivity index (χ0v) is 17.5. The predicted molar refractivity (Wildman–Crippen MR) is 116 cm³/mol. The lowest BCUT2D eigenvalue weighted by molar-refractivity contribution is 0.0695. The van der Waals surface area contributed by atoms with Crippen LogP contribution in [-0.2, 0) is 0 Å². The standard InChI is InChI=1S/C21H19ClFN3O3S/c22-17-18-12(20(27)13(21(28)29)9-26(18)11-3-4-11)8-14(23)19(17)25-6-5-24-15(10-25)16-2-1-7-30-16/h1-2,7-9,11,15,24H,3-6,10H2,(H,28,29). The van der Waals surface area contributed by atoms with Gasteiger partial charge in [-0.05, 0) is 30.4 Å². The number of carbonyl (C=O) groups is 1. The van der Waals surface area contributed by atoms with Gasteiger partial charge in [-0.15, -0.1) is 11.3 Å². The van der Waals surface area contributed by atoms with E-state index < -0.39 is 17.2 Å². The molecule has 9 heteroatoms. The molecular formula is C21H19ClFN3O3S. The van der Waals surface area contributed by atoms with Crippen LogP contribution in [0, 0.1) is 5.82 Å². The van der Waals surface area contributed by atoms with Crippen LogP contribution >= 0.6 is 22.9 Å². The zero-order chi connectivity index (χ0) is 21.0. The molecule has 1 unspecified atom stereocenters. The second kappa shape index (κ2) is 7.37. The van der Waals surface area contributed by atoms with E-state index in [2.05, 4.69) is 5.32 Å². The molecule has 0 spiro atoms. The first kappa shape index (κ1) is 19.5. The van der Waals surface area contributed by atoms with Crippen molar-refractivity contribution in [2.75, 3.05) is 24.5 Å². The molecule has 0 amide bonds. The van der Waals surface area contributed by atoms with Crippen LogP contribution < -0.4 is 15.6 Å². The van der Waals surface area contributed by atoms with Crippen LogP contribution in [0.2, 0.25) is 5.02 Å². The number of piperazine rings is 1. The molecule has 2 N–H and O–H groups in total. The summed E-state index contributed by atoms with van der Waals surface area (Å²) in [5.41, 5.74) is -0.392. The molecule has 1 aliphatic carbocycles. The van der Waals surface area contributed by atoms with Crippen LogP contribution in [0.4, 0.5) is 10.1 Å². The van der Waals surface area contributed by atoms with Crippen LogP contribution in [0.3, 0.4) is 0 Å². The summed E-state index contributed by atoms with van der Waals surface area (Å²) in [6, 6.07) is 5.31. The average molecular weight is 448 g/mol. The quantitative estimate of drug-likeness (QED) is 0.631. The number of aromatic carboxylic acids is 1. The van der Waals surface area contributed by atoms with Gasteiger partial charge < -0.3 is 19.9 Å². The van der Waals surface area contributed by atoms with Gasteiger partial charge in [0.05, 0.1) is 27.7 Å². The number of hydrogen-bond donors (Lipinski definition) is 2. The Balaban J connectivity index is 1.66. The molecule has 5 rings (SSSR count). The minimum atomic E-state index is -1.32. The summed E-state index contributed by atoms with van der Waals surface area (Å²) in [5.74, 6) is -1.93. The van der Waals surface area contributed by atoms with Gasteiger partial charge in [-0.25, -0.2) is 9.18 Å². The zero-order valence-electron chi connectivity index (χ0n) is 15.9. The molecule has 1 aliphatic heterocycles. The molecule has 1 aromatic carbocycles. The summed E-state index contributed by atoms with van der Waals surface area (Å²) < 4.78 is 17.0. The number of carboxylic acids is 1. The first-order valence-electron chi connectivity index (χ1n) is 9.77. The summed E-state index contributed by atoms with van der Waals surface area (Å²) in [6.45, 7) is 1.79. The molecule has 0 bridgehead atoms. The van der Waals surface area contributed by atoms with Crippen molar-refractivity contribution in [3.63, 3.8) is 0 Å². The Morgan fingerprint density at radius 3 is 2.83 bits per heavy atom. The fourth-order valence-corrected chi connectivity index (χ4v) is 5.35. The highest BCUT2D eigenvalue weighted by molar-refractivity contribution is 7.10. The van der Waals surface area contributed by atoms with Crippen LogP contribution in [0.25, 0.3) is 10.9 Å². The number of carboxylic acid groups (broad SMARTS) is 1. The third-order valence-electron chi connectivity index (χ3n) is 5.73. The van der Waals surface area contributed by atoms with E-state index >= 15 is 4.39 Å². The Bertz CT molecular complexity index is 1210. The molecule has 3 aromatic rings. The van der Waals surface area contributed by atoms with Crippen molar-refractivity contribution in [1.82, 2.24) is 9.88 Å². The minimum Gasteiger partial charge on any atom is -0.477 e. The molecule has 1 saturated carbocycles. The van der Waals surface area contributed by atoms with Crippen LogP contribution in [0.5, 0.6) is 0 Å². The molecule has 1 saturated heterocycles. The molecular weight excluding hydrogens is 429 g/mol. The molecule has 30 heavy (non-hydrogen) atoms. The maximum Gasteiger partial charge on any atom is 0.341 e. The first-order valence-corrected chi connectivity index (χ1v) is 11.0. The Hall–Kier alpha value is -2.42. The topological polar surface area (TPSA) is 74.6 Å². The SMILES string of the molecule is O=C(O)c1cn(C2CC2)c2c(Cl)c(N3CCNC(c4cccs4)C3)c(F)cc2c1=O. The fraction of sp³-hybridized carbons (Fsp3) is 0.333. The van der Waals surface area contributed by atoms with E-state index in [1.165, 1.54) is 6.20 Å². The van der Waals surface area contributed by atoms with Gasteiger partial charge in [0.1, 0.15) is 11.4 Å². The summed E-state index contributed by atoms with van der Waals surface area (Å²) in [4.78, 5) is 27.3. The predicted octanol–water partition coefficient (Wildman–Crippen LogP) is 4.04. The maximum absolute atomic E-state index is 15.3. The number of nitrogens with zero attached hydrogens (tertiary/aromatic N) is 2. The third-order valence-corrected chi connectivity index (χ3v) is 7.08. The number of hydrogen-bond acceptors (Lipinski definition) is 5. The van der Waals surface area contributed by atoms with Gasteiger partial charge in [-0.3, -0.25) is 4.79 Å². The molecule has 6 nitrogen and oxygen atoms in total. The summed E-state index contributed by atoms with van der Waals surface area (Å²) in [7, 11) is 0. The Labute approximate surface area is 180 Å². The number of fused-ring (bicyclic) bond motifs is 1. The van der Waals surface area contributed by atoms with Crippen molar-refractivity contribution in [1.29, 1.82) is 0 Å². The number of nitrogens with one attached hydrogen (secondary N) is 1. The number of thiophene rings is 1. The molecule has 156 valence electrons. The van der Waals surface area contributed by atoms with Gasteiger partial charge in [0.25, 0.3) is 0 Å². The Kier molecular flexibility index (Phi) is 4.80. The van der Waals surface area contributed by atoms with Crippen LogP contribution in [0.15, 0.2) is 34.6 Å². The van der Waals surface area contributed by atoms with E-state index in [4.69, 9.17) is 11.6 Å². The number of benzene rings is 1. The van der Waals surface area contributed by atoms with Crippen molar-refractivity contribution in [2.45, 2.75) is 24.9 Å². The van der Waals surface area contributed by atoms with E-state index in [1.807, 2.05) is 22.4 Å². The highest BCUT2D eigenvalue weighted by Gasteiger charge is 2.31. The van der Waals surface area contributed by atoms with E-state index in [1.54, 1.807) is 15.9 Å². The van der Waals surface area contributed by atoms with Crippen LogP contribution in [-0.4, -0.2) is 35.3 Å².